The Balaban J connectivity index is 0.000000512. The second-order valence-electron chi connectivity index (χ2n) is 7.01. The van der Waals surface area contributed by atoms with Gasteiger partial charge in [-0.25, -0.2) is 0 Å². The third kappa shape index (κ3) is 6.42. The van der Waals surface area contributed by atoms with Gasteiger partial charge in [0.1, 0.15) is 0 Å². The first-order chi connectivity index (χ1) is 7.80. The fourth-order valence-corrected chi connectivity index (χ4v) is 2.53. The van der Waals surface area contributed by atoms with Gasteiger partial charge in [0.25, 0.3) is 0 Å². The van der Waals surface area contributed by atoms with Crippen LogP contribution in [0.1, 0.15) is 48.0 Å². The molecular weight excluding hydrogens is 446 g/mol. The Bertz CT molecular complexity index is 206. The number of likely N-dealkylation sites (tertiary alicyclic amines) is 1. The second kappa shape index (κ2) is 8.30. The van der Waals surface area contributed by atoms with E-state index in [1.165, 1.54) is 25.4 Å². The van der Waals surface area contributed by atoms with Gasteiger partial charge < -0.3 is 11.2 Å². The summed E-state index contributed by atoms with van der Waals surface area (Å²) in [4.78, 5) is 2.63. The third-order valence-corrected chi connectivity index (χ3v) is 3.55. The Kier molecular flexibility index (Phi) is 8.75. The van der Waals surface area contributed by atoms with Gasteiger partial charge in [0, 0.05) is 18.6 Å². The molecule has 2 atom stereocenters. The molecule has 0 aromatic rings. The van der Waals surface area contributed by atoms with E-state index in [1.54, 1.807) is 0 Å². The first-order valence-corrected chi connectivity index (χ1v) is 6.95. The molecule has 2 rings (SSSR count). The van der Waals surface area contributed by atoms with Gasteiger partial charge >= 0.3 is 31.1 Å². The van der Waals surface area contributed by atoms with Gasteiger partial charge in [0.15, 0.2) is 0 Å². The molecular formula is C15H30N2U. The van der Waals surface area contributed by atoms with Crippen LogP contribution in [0.25, 0.3) is 5.32 Å². The summed E-state index contributed by atoms with van der Waals surface area (Å²) >= 11 is 0. The van der Waals surface area contributed by atoms with Crippen LogP contribution in [0.15, 0.2) is 0 Å². The molecule has 2 heterocycles. The van der Waals surface area contributed by atoms with Crippen molar-refractivity contribution in [2.75, 3.05) is 26.2 Å². The summed E-state index contributed by atoms with van der Waals surface area (Å²) in [6.45, 7) is 18.0. The molecule has 2 nitrogen and oxygen atoms in total. The Morgan fingerprint density at radius 1 is 1.06 bits per heavy atom. The topological polar surface area (TPSA) is 17.3 Å². The molecule has 2 saturated heterocycles. The summed E-state index contributed by atoms with van der Waals surface area (Å²) in [7, 11) is 0. The standard InChI is InChI=1S/C11H21N2.C4H9.U/c1-11(2,3)13-7-9-4-5-12-6-10(9)8-13;1-4(2)3;/h9-10H,4-8H2,1-3H3;1-3H3;/q2*-1;+2. The summed E-state index contributed by atoms with van der Waals surface area (Å²) in [5.74, 6) is 3.23. The molecule has 2 aliphatic heterocycles. The Hall–Kier alpha value is 0.972. The third-order valence-electron chi connectivity index (χ3n) is 3.55. The molecule has 2 fully saturated rings. The van der Waals surface area contributed by atoms with Crippen LogP contribution in [-0.4, -0.2) is 36.6 Å². The van der Waals surface area contributed by atoms with Crippen LogP contribution in [-0.2, 0) is 0 Å². The zero-order valence-corrected chi connectivity index (χ0v) is 17.2. The molecule has 3 heteroatoms. The van der Waals surface area contributed by atoms with Gasteiger partial charge in [-0.3, -0.25) is 4.90 Å². The van der Waals surface area contributed by atoms with Gasteiger partial charge in [0.05, 0.1) is 0 Å². The van der Waals surface area contributed by atoms with Crippen molar-refractivity contribution in [3.8, 4) is 0 Å². The van der Waals surface area contributed by atoms with Crippen LogP contribution in [0.3, 0.4) is 0 Å². The molecule has 0 aliphatic carbocycles. The zero-order valence-electron chi connectivity index (χ0n) is 13.1. The predicted molar refractivity (Wildman–Crippen MR) is 76.3 cm³/mol. The van der Waals surface area contributed by atoms with Crippen molar-refractivity contribution in [2.45, 2.75) is 53.5 Å². The average molecular weight is 476 g/mol. The largest absolute Gasteiger partial charge is 2.00 e. The van der Waals surface area contributed by atoms with E-state index < -0.39 is 0 Å². The number of hydrogen-bond acceptors (Lipinski definition) is 1. The second-order valence-corrected chi connectivity index (χ2v) is 7.01. The molecule has 2 unspecified atom stereocenters. The summed E-state index contributed by atoms with van der Waals surface area (Å²) in [6, 6.07) is 0. The van der Waals surface area contributed by atoms with Crippen molar-refractivity contribution in [3.63, 3.8) is 0 Å². The van der Waals surface area contributed by atoms with E-state index in [9.17, 15) is 0 Å². The van der Waals surface area contributed by atoms with E-state index in [2.05, 4.69) is 51.8 Å². The number of hydrogen-bond donors (Lipinski definition) is 0. The van der Waals surface area contributed by atoms with Crippen molar-refractivity contribution in [1.29, 1.82) is 0 Å². The predicted octanol–water partition coefficient (Wildman–Crippen LogP) is 3.73. The van der Waals surface area contributed by atoms with Gasteiger partial charge in [-0.15, -0.1) is 13.1 Å². The fraction of sp³-hybridized carbons (Fsp3) is 0.933. The summed E-state index contributed by atoms with van der Waals surface area (Å²) < 4.78 is 0. The van der Waals surface area contributed by atoms with Crippen LogP contribution in [0.5, 0.6) is 0 Å². The maximum atomic E-state index is 4.51. The summed E-state index contributed by atoms with van der Waals surface area (Å²) in [5.41, 5.74) is 0.358. The van der Waals surface area contributed by atoms with Crippen molar-refractivity contribution in [1.82, 2.24) is 4.90 Å². The van der Waals surface area contributed by atoms with E-state index >= 15 is 0 Å². The van der Waals surface area contributed by atoms with Crippen LogP contribution in [0, 0.1) is 48.9 Å². The van der Waals surface area contributed by atoms with Crippen LogP contribution in [0.4, 0.5) is 0 Å². The molecule has 18 heavy (non-hydrogen) atoms. The summed E-state index contributed by atoms with van der Waals surface area (Å²) in [5, 5.41) is 4.51. The minimum atomic E-state index is 0. The van der Waals surface area contributed by atoms with E-state index in [1.807, 2.05) is 0 Å². The van der Waals surface area contributed by atoms with Crippen molar-refractivity contribution in [3.05, 3.63) is 11.2 Å². The molecule has 0 spiro atoms. The number of rotatable bonds is 0. The van der Waals surface area contributed by atoms with Crippen LogP contribution >= 0.6 is 0 Å². The molecule has 0 N–H and O–H groups in total. The Morgan fingerprint density at radius 3 is 2.00 bits per heavy atom. The molecule has 0 radical (unpaired) electrons. The number of piperidine rings is 1. The van der Waals surface area contributed by atoms with E-state index in [0.717, 1.165) is 24.9 Å². The molecule has 0 aromatic heterocycles. The molecule has 104 valence electrons. The minimum absolute atomic E-state index is 0. The first kappa shape index (κ1) is 19.0. The van der Waals surface area contributed by atoms with Gasteiger partial charge in [-0.05, 0) is 32.6 Å². The van der Waals surface area contributed by atoms with Gasteiger partial charge in [0.2, 0.25) is 0 Å². The first-order valence-electron chi connectivity index (χ1n) is 6.95. The minimum Gasteiger partial charge on any atom is -0.662 e. The molecule has 0 aromatic carbocycles. The smallest absolute Gasteiger partial charge is 0.662 e. The normalized spacial score (nSPS) is 28.2. The van der Waals surface area contributed by atoms with E-state index in [0.29, 0.717) is 5.54 Å². The van der Waals surface area contributed by atoms with Crippen molar-refractivity contribution < 1.29 is 31.1 Å². The molecule has 0 saturated carbocycles. The summed E-state index contributed by atoms with van der Waals surface area (Å²) in [6.07, 6.45) is 1.33. The van der Waals surface area contributed by atoms with Crippen molar-refractivity contribution >= 4 is 0 Å². The van der Waals surface area contributed by atoms with Crippen LogP contribution < -0.4 is 0 Å². The SMILES string of the molecule is CC(C)(C)N1CC2CC[N-]CC2C1.C[C-](C)C.[U+2]. The quantitative estimate of drug-likeness (QED) is 0.487. The number of nitrogens with zero attached hydrogens (tertiary/aromatic N) is 2. The van der Waals surface area contributed by atoms with E-state index in [-0.39, 0.29) is 31.1 Å². The Morgan fingerprint density at radius 2 is 1.56 bits per heavy atom. The monoisotopic (exact) mass is 476 g/mol. The van der Waals surface area contributed by atoms with Gasteiger partial charge in [-0.1, -0.05) is 6.42 Å². The molecule has 0 bridgehead atoms. The maximum absolute atomic E-state index is 4.51. The molecule has 2 aliphatic rings. The van der Waals surface area contributed by atoms with E-state index in [4.69, 9.17) is 0 Å². The average Bonchev–Trinajstić information content (AvgIpc) is 2.59. The number of fused-ring (bicyclic) bond motifs is 1. The zero-order chi connectivity index (χ0) is 13.1. The fourth-order valence-electron chi connectivity index (χ4n) is 2.53. The maximum Gasteiger partial charge on any atom is 2.00 e. The van der Waals surface area contributed by atoms with Crippen LogP contribution in [0.2, 0.25) is 0 Å². The Labute approximate surface area is 138 Å². The van der Waals surface area contributed by atoms with Gasteiger partial charge in [-0.2, -0.15) is 20.8 Å². The van der Waals surface area contributed by atoms with Crippen molar-refractivity contribution in [2.24, 2.45) is 11.8 Å². The molecule has 0 amide bonds.